The van der Waals surface area contributed by atoms with Crippen LogP contribution in [0.3, 0.4) is 0 Å². The summed E-state index contributed by atoms with van der Waals surface area (Å²) in [6.45, 7) is 2.12. The number of rotatable bonds is 5. The van der Waals surface area contributed by atoms with Crippen molar-refractivity contribution in [3.8, 4) is 0 Å². The lowest BCUT2D eigenvalue weighted by Crippen LogP contribution is -2.13. The highest BCUT2D eigenvalue weighted by Gasteiger charge is 2.11. The molecule has 2 rings (SSSR count). The third-order valence-corrected chi connectivity index (χ3v) is 4.49. The van der Waals surface area contributed by atoms with Gasteiger partial charge in [-0.15, -0.1) is 11.8 Å². The smallest absolute Gasteiger partial charge is 0.107 e. The molecule has 104 valence electrons. The second kappa shape index (κ2) is 7.28. The van der Waals surface area contributed by atoms with Gasteiger partial charge < -0.3 is 11.1 Å². The van der Waals surface area contributed by atoms with Crippen LogP contribution >= 0.6 is 46.6 Å². The average Bonchev–Trinajstić information content (AvgIpc) is 2.39. The first-order valence-corrected chi connectivity index (χ1v) is 8.67. The SMILES string of the molecule is CCSc1cccc(Nc2cccc(I)c2)c1C(N)=S. The number of benzene rings is 2. The molecule has 0 aromatic heterocycles. The number of hydrogen-bond acceptors (Lipinski definition) is 3. The molecule has 2 aromatic carbocycles. The van der Waals surface area contributed by atoms with Crippen molar-refractivity contribution in [3.63, 3.8) is 0 Å². The summed E-state index contributed by atoms with van der Waals surface area (Å²) in [5.74, 6) is 0.988. The minimum Gasteiger partial charge on any atom is -0.389 e. The summed E-state index contributed by atoms with van der Waals surface area (Å²) in [4.78, 5) is 1.55. The van der Waals surface area contributed by atoms with Crippen molar-refractivity contribution < 1.29 is 0 Å². The molecule has 0 radical (unpaired) electrons. The Balaban J connectivity index is 2.40. The molecule has 0 fully saturated rings. The van der Waals surface area contributed by atoms with Crippen molar-refractivity contribution in [1.29, 1.82) is 0 Å². The van der Waals surface area contributed by atoms with Gasteiger partial charge >= 0.3 is 0 Å². The molecule has 20 heavy (non-hydrogen) atoms. The van der Waals surface area contributed by atoms with Crippen LogP contribution in [0.25, 0.3) is 0 Å². The van der Waals surface area contributed by atoms with Gasteiger partial charge in [-0.25, -0.2) is 0 Å². The normalized spacial score (nSPS) is 10.3. The number of anilines is 2. The topological polar surface area (TPSA) is 38.0 Å². The second-order valence-corrected chi connectivity index (χ2v) is 7.10. The molecule has 0 saturated heterocycles. The van der Waals surface area contributed by atoms with E-state index in [1.165, 1.54) is 3.57 Å². The number of nitrogens with two attached hydrogens (primary N) is 1. The molecule has 0 unspecified atom stereocenters. The maximum absolute atomic E-state index is 5.91. The first-order valence-electron chi connectivity index (χ1n) is 6.20. The molecule has 2 nitrogen and oxygen atoms in total. The summed E-state index contributed by atoms with van der Waals surface area (Å²) in [6, 6.07) is 14.3. The maximum atomic E-state index is 5.91. The minimum absolute atomic E-state index is 0.426. The zero-order valence-electron chi connectivity index (χ0n) is 11.0. The molecule has 0 aliphatic heterocycles. The van der Waals surface area contributed by atoms with Crippen LogP contribution in [0.15, 0.2) is 47.4 Å². The first-order chi connectivity index (χ1) is 9.61. The van der Waals surface area contributed by atoms with Gasteiger partial charge in [0, 0.05) is 25.4 Å². The van der Waals surface area contributed by atoms with Gasteiger partial charge in [-0.3, -0.25) is 0 Å². The maximum Gasteiger partial charge on any atom is 0.107 e. The Bertz CT molecular complexity index is 629. The summed E-state index contributed by atoms with van der Waals surface area (Å²) in [5.41, 5.74) is 8.82. The van der Waals surface area contributed by atoms with E-state index < -0.39 is 0 Å². The van der Waals surface area contributed by atoms with E-state index in [1.807, 2.05) is 24.3 Å². The number of thiocarbonyl (C=S) groups is 1. The van der Waals surface area contributed by atoms with Crippen LogP contribution in [0.2, 0.25) is 0 Å². The lowest BCUT2D eigenvalue weighted by Gasteiger charge is -2.15. The average molecular weight is 414 g/mol. The molecule has 0 saturated carbocycles. The summed E-state index contributed by atoms with van der Waals surface area (Å²) in [5, 5.41) is 3.41. The van der Waals surface area contributed by atoms with Crippen molar-refractivity contribution in [2.45, 2.75) is 11.8 Å². The van der Waals surface area contributed by atoms with Crippen LogP contribution in [0.4, 0.5) is 11.4 Å². The molecule has 0 amide bonds. The summed E-state index contributed by atoms with van der Waals surface area (Å²) in [6.07, 6.45) is 0. The third kappa shape index (κ3) is 3.86. The Hall–Kier alpha value is -0.790. The predicted molar refractivity (Wildman–Crippen MR) is 101 cm³/mol. The minimum atomic E-state index is 0.426. The Kier molecular flexibility index (Phi) is 5.68. The van der Waals surface area contributed by atoms with Crippen LogP contribution in [-0.2, 0) is 0 Å². The Labute approximate surface area is 142 Å². The van der Waals surface area contributed by atoms with Crippen molar-refractivity contribution in [2.24, 2.45) is 5.73 Å². The fourth-order valence-electron chi connectivity index (χ4n) is 1.89. The predicted octanol–water partition coefficient (Wildman–Crippen LogP) is 4.78. The van der Waals surface area contributed by atoms with Gasteiger partial charge in [-0.05, 0) is 58.7 Å². The lowest BCUT2D eigenvalue weighted by molar-refractivity contribution is 1.38. The van der Waals surface area contributed by atoms with Crippen molar-refractivity contribution in [3.05, 3.63) is 51.6 Å². The summed E-state index contributed by atoms with van der Waals surface area (Å²) in [7, 11) is 0. The van der Waals surface area contributed by atoms with Crippen molar-refractivity contribution >= 4 is 62.9 Å². The lowest BCUT2D eigenvalue weighted by atomic mass is 10.1. The first kappa shape index (κ1) is 15.6. The molecule has 5 heteroatoms. The molecule has 0 heterocycles. The Morgan fingerprint density at radius 3 is 2.70 bits per heavy atom. The van der Waals surface area contributed by atoms with E-state index in [0.717, 1.165) is 27.6 Å². The van der Waals surface area contributed by atoms with Crippen molar-refractivity contribution in [2.75, 3.05) is 11.1 Å². The van der Waals surface area contributed by atoms with Crippen LogP contribution in [0, 0.1) is 3.57 Å². The van der Waals surface area contributed by atoms with Gasteiger partial charge in [0.2, 0.25) is 0 Å². The van der Waals surface area contributed by atoms with Gasteiger partial charge in [0.05, 0.1) is 0 Å². The van der Waals surface area contributed by atoms with Crippen LogP contribution in [-0.4, -0.2) is 10.7 Å². The van der Waals surface area contributed by atoms with Gasteiger partial charge in [0.25, 0.3) is 0 Å². The van der Waals surface area contributed by atoms with Gasteiger partial charge in [0.15, 0.2) is 0 Å². The number of halogens is 1. The molecular formula is C15H15IN2S2. The highest BCUT2D eigenvalue weighted by atomic mass is 127. The van der Waals surface area contributed by atoms with Crippen LogP contribution in [0.1, 0.15) is 12.5 Å². The van der Waals surface area contributed by atoms with E-state index in [0.29, 0.717) is 4.99 Å². The zero-order valence-corrected chi connectivity index (χ0v) is 14.8. The molecule has 2 aromatic rings. The van der Waals surface area contributed by atoms with Crippen molar-refractivity contribution in [1.82, 2.24) is 0 Å². The molecule has 0 spiro atoms. The van der Waals surface area contributed by atoms with E-state index in [1.54, 1.807) is 11.8 Å². The third-order valence-electron chi connectivity index (χ3n) is 2.68. The van der Waals surface area contributed by atoms with E-state index in [-0.39, 0.29) is 0 Å². The fraction of sp³-hybridized carbons (Fsp3) is 0.133. The molecule has 0 atom stereocenters. The Morgan fingerprint density at radius 2 is 2.05 bits per heavy atom. The molecular weight excluding hydrogens is 399 g/mol. The van der Waals surface area contributed by atoms with E-state index in [2.05, 4.69) is 53.0 Å². The van der Waals surface area contributed by atoms with Gasteiger partial charge in [0.1, 0.15) is 4.99 Å². The largest absolute Gasteiger partial charge is 0.389 e. The second-order valence-electron chi connectivity index (χ2n) is 4.11. The van der Waals surface area contributed by atoms with Gasteiger partial charge in [-0.2, -0.15) is 0 Å². The molecule has 0 aliphatic rings. The van der Waals surface area contributed by atoms with E-state index >= 15 is 0 Å². The molecule has 0 bridgehead atoms. The fourth-order valence-corrected chi connectivity index (χ4v) is 3.56. The molecule has 3 N–H and O–H groups in total. The quantitative estimate of drug-likeness (QED) is 0.420. The van der Waals surface area contributed by atoms with Gasteiger partial charge in [-0.1, -0.05) is 31.3 Å². The summed E-state index contributed by atoms with van der Waals surface area (Å²) < 4.78 is 1.18. The number of hydrogen-bond donors (Lipinski definition) is 2. The Morgan fingerprint density at radius 1 is 1.30 bits per heavy atom. The van der Waals surface area contributed by atoms with Crippen LogP contribution in [0.5, 0.6) is 0 Å². The van der Waals surface area contributed by atoms with E-state index in [4.69, 9.17) is 18.0 Å². The highest BCUT2D eigenvalue weighted by molar-refractivity contribution is 14.1. The van der Waals surface area contributed by atoms with Crippen LogP contribution < -0.4 is 11.1 Å². The number of thioether (sulfide) groups is 1. The zero-order chi connectivity index (χ0) is 14.5. The molecule has 0 aliphatic carbocycles. The number of nitrogens with one attached hydrogen (secondary N) is 1. The van der Waals surface area contributed by atoms with E-state index in [9.17, 15) is 0 Å². The standard InChI is InChI=1S/C15H15IN2S2/c1-2-20-13-8-4-7-12(14(13)15(17)19)18-11-6-3-5-10(16)9-11/h3-9,18H,2H2,1H3,(H2,17,19). The highest BCUT2D eigenvalue weighted by Crippen LogP contribution is 2.30. The monoisotopic (exact) mass is 414 g/mol. The summed E-state index contributed by atoms with van der Waals surface area (Å²) >= 11 is 9.26.